The third-order valence-electron chi connectivity index (χ3n) is 2.08. The fraction of sp³-hybridized carbons (Fsp3) is 0.0909. The number of carbonyl (C=O) groups excluding carboxylic acids is 1. The molecule has 0 aromatic carbocycles. The Kier molecular flexibility index (Phi) is 2.51. The third-order valence-corrected chi connectivity index (χ3v) is 2.97. The highest BCUT2D eigenvalue weighted by Gasteiger charge is 2.04. The summed E-state index contributed by atoms with van der Waals surface area (Å²) >= 11 is 1.57. The Hall–Kier alpha value is -1.68. The van der Waals surface area contributed by atoms with Crippen molar-refractivity contribution in [2.75, 3.05) is 0 Å². The number of pyridine rings is 1. The Morgan fingerprint density at radius 1 is 1.40 bits per heavy atom. The molecule has 0 unspecified atom stereocenters. The van der Waals surface area contributed by atoms with Crippen LogP contribution in [0.25, 0.3) is 10.6 Å². The zero-order valence-electron chi connectivity index (χ0n) is 8.06. The van der Waals surface area contributed by atoms with Crippen LogP contribution in [-0.2, 0) is 0 Å². The first-order valence-corrected chi connectivity index (χ1v) is 5.29. The summed E-state index contributed by atoms with van der Waals surface area (Å²) in [4.78, 5) is 15.9. The maximum Gasteiger partial charge on any atom is 0.0805 e. The van der Waals surface area contributed by atoms with Gasteiger partial charge >= 0.3 is 0 Å². The van der Waals surface area contributed by atoms with Crippen molar-refractivity contribution in [1.82, 2.24) is 4.98 Å². The van der Waals surface area contributed by atoms with E-state index in [-0.39, 0.29) is 5.56 Å². The zero-order chi connectivity index (χ0) is 10.8. The molecule has 0 fully saturated rings. The SMILES string of the molecule is Cc1nc(-c2cccs2)ccc1C(=O)[O-]. The minimum Gasteiger partial charge on any atom is -0.545 e. The number of nitrogens with zero attached hydrogens (tertiary/aromatic N) is 1. The molecule has 4 heteroatoms. The summed E-state index contributed by atoms with van der Waals surface area (Å²) in [6.07, 6.45) is 0. The average molecular weight is 218 g/mol. The second-order valence-corrected chi connectivity index (χ2v) is 4.04. The van der Waals surface area contributed by atoms with Crippen molar-refractivity contribution in [2.24, 2.45) is 0 Å². The van der Waals surface area contributed by atoms with Crippen molar-refractivity contribution in [3.8, 4) is 10.6 Å². The van der Waals surface area contributed by atoms with Gasteiger partial charge < -0.3 is 9.90 Å². The molecule has 76 valence electrons. The molecule has 0 atom stereocenters. The highest BCUT2D eigenvalue weighted by molar-refractivity contribution is 7.13. The number of aromatic nitrogens is 1. The van der Waals surface area contributed by atoms with Crippen molar-refractivity contribution < 1.29 is 9.90 Å². The van der Waals surface area contributed by atoms with Gasteiger partial charge in [0.2, 0.25) is 0 Å². The largest absolute Gasteiger partial charge is 0.545 e. The van der Waals surface area contributed by atoms with Crippen LogP contribution >= 0.6 is 11.3 Å². The fourth-order valence-corrected chi connectivity index (χ4v) is 2.03. The molecular formula is C11H8NO2S-. The molecule has 0 aliphatic heterocycles. The number of carbonyl (C=O) groups is 1. The Balaban J connectivity index is 2.47. The first-order valence-electron chi connectivity index (χ1n) is 4.41. The summed E-state index contributed by atoms with van der Waals surface area (Å²) in [5.74, 6) is -1.18. The van der Waals surface area contributed by atoms with Gasteiger partial charge in [0.25, 0.3) is 0 Å². The molecule has 0 aliphatic carbocycles. The molecular weight excluding hydrogens is 210 g/mol. The van der Waals surface area contributed by atoms with Gasteiger partial charge in [0.05, 0.1) is 16.5 Å². The standard InChI is InChI=1S/C11H9NO2S/c1-7-8(11(13)14)4-5-9(12-7)10-3-2-6-15-10/h2-6H,1H3,(H,13,14)/p-1. The lowest BCUT2D eigenvalue weighted by molar-refractivity contribution is -0.255. The van der Waals surface area contributed by atoms with Gasteiger partial charge in [0.15, 0.2) is 0 Å². The number of hydrogen-bond donors (Lipinski definition) is 0. The molecule has 2 aromatic rings. The second-order valence-electron chi connectivity index (χ2n) is 3.09. The Morgan fingerprint density at radius 2 is 2.20 bits per heavy atom. The van der Waals surface area contributed by atoms with Gasteiger partial charge in [-0.3, -0.25) is 4.98 Å². The average Bonchev–Trinajstić information content (AvgIpc) is 2.69. The van der Waals surface area contributed by atoms with E-state index in [1.54, 1.807) is 24.3 Å². The van der Waals surface area contributed by atoms with Gasteiger partial charge in [-0.2, -0.15) is 0 Å². The predicted molar refractivity (Wildman–Crippen MR) is 56.6 cm³/mol. The maximum atomic E-state index is 10.7. The topological polar surface area (TPSA) is 53.0 Å². The molecule has 2 rings (SSSR count). The highest BCUT2D eigenvalue weighted by Crippen LogP contribution is 2.23. The zero-order valence-corrected chi connectivity index (χ0v) is 8.88. The van der Waals surface area contributed by atoms with E-state index < -0.39 is 5.97 Å². The van der Waals surface area contributed by atoms with Crippen molar-refractivity contribution in [2.45, 2.75) is 6.92 Å². The number of rotatable bonds is 2. The lowest BCUT2D eigenvalue weighted by Crippen LogP contribution is -2.23. The van der Waals surface area contributed by atoms with Crippen LogP contribution in [0.4, 0.5) is 0 Å². The van der Waals surface area contributed by atoms with Gasteiger partial charge in [-0.15, -0.1) is 11.3 Å². The van der Waals surface area contributed by atoms with Gasteiger partial charge in [-0.1, -0.05) is 6.07 Å². The molecule has 2 aromatic heterocycles. The molecule has 15 heavy (non-hydrogen) atoms. The number of carboxylic acids is 1. The normalized spacial score (nSPS) is 10.2. The van der Waals surface area contributed by atoms with E-state index in [9.17, 15) is 9.90 Å². The van der Waals surface area contributed by atoms with E-state index in [1.807, 2.05) is 17.5 Å². The van der Waals surface area contributed by atoms with Crippen LogP contribution < -0.4 is 5.11 Å². The molecule has 0 saturated carbocycles. The van der Waals surface area contributed by atoms with Gasteiger partial charge in [-0.25, -0.2) is 0 Å². The van der Waals surface area contributed by atoms with E-state index in [0.29, 0.717) is 5.69 Å². The molecule has 0 amide bonds. The van der Waals surface area contributed by atoms with Crippen LogP contribution in [0.1, 0.15) is 16.1 Å². The smallest absolute Gasteiger partial charge is 0.0805 e. The Labute approximate surface area is 91.0 Å². The Bertz CT molecular complexity index is 491. The second kappa shape index (κ2) is 3.82. The molecule has 0 saturated heterocycles. The summed E-state index contributed by atoms with van der Waals surface area (Å²) in [5.41, 5.74) is 1.43. The van der Waals surface area contributed by atoms with E-state index >= 15 is 0 Å². The van der Waals surface area contributed by atoms with Crippen molar-refractivity contribution in [3.63, 3.8) is 0 Å². The first-order chi connectivity index (χ1) is 7.18. The summed E-state index contributed by atoms with van der Waals surface area (Å²) in [6.45, 7) is 1.67. The third kappa shape index (κ3) is 1.89. The van der Waals surface area contributed by atoms with Crippen LogP contribution in [0, 0.1) is 6.92 Å². The lowest BCUT2D eigenvalue weighted by atomic mass is 10.2. The molecule has 0 N–H and O–H groups in total. The van der Waals surface area contributed by atoms with Crippen LogP contribution in [0.3, 0.4) is 0 Å². The number of carboxylic acid groups (broad SMARTS) is 1. The van der Waals surface area contributed by atoms with Crippen LogP contribution in [0.15, 0.2) is 29.6 Å². The van der Waals surface area contributed by atoms with Crippen molar-refractivity contribution >= 4 is 17.3 Å². The van der Waals surface area contributed by atoms with E-state index in [4.69, 9.17) is 0 Å². The fourth-order valence-electron chi connectivity index (χ4n) is 1.34. The summed E-state index contributed by atoms with van der Waals surface area (Å²) in [5, 5.41) is 12.6. The first kappa shape index (κ1) is 9.86. The maximum absolute atomic E-state index is 10.7. The monoisotopic (exact) mass is 218 g/mol. The molecule has 2 heterocycles. The molecule has 0 spiro atoms. The molecule has 3 nitrogen and oxygen atoms in total. The Morgan fingerprint density at radius 3 is 2.73 bits per heavy atom. The quantitative estimate of drug-likeness (QED) is 0.767. The lowest BCUT2D eigenvalue weighted by Gasteiger charge is -2.06. The van der Waals surface area contributed by atoms with Crippen LogP contribution in [0.5, 0.6) is 0 Å². The van der Waals surface area contributed by atoms with Gasteiger partial charge in [0.1, 0.15) is 0 Å². The highest BCUT2D eigenvalue weighted by atomic mass is 32.1. The van der Waals surface area contributed by atoms with Gasteiger partial charge in [-0.05, 0) is 30.5 Å². The van der Waals surface area contributed by atoms with E-state index in [2.05, 4.69) is 4.98 Å². The molecule has 0 aliphatic rings. The van der Waals surface area contributed by atoms with Gasteiger partial charge in [0, 0.05) is 11.3 Å². The van der Waals surface area contributed by atoms with Crippen LogP contribution in [0.2, 0.25) is 0 Å². The summed E-state index contributed by atoms with van der Waals surface area (Å²) in [7, 11) is 0. The number of aromatic carboxylic acids is 1. The van der Waals surface area contributed by atoms with Crippen molar-refractivity contribution in [3.05, 3.63) is 40.9 Å². The molecule has 0 radical (unpaired) electrons. The minimum atomic E-state index is -1.18. The predicted octanol–water partition coefficient (Wildman–Crippen LogP) is 1.48. The van der Waals surface area contributed by atoms with E-state index in [1.165, 1.54) is 6.07 Å². The number of hydrogen-bond acceptors (Lipinski definition) is 4. The van der Waals surface area contributed by atoms with E-state index in [0.717, 1.165) is 10.6 Å². The van der Waals surface area contributed by atoms with Crippen molar-refractivity contribution in [1.29, 1.82) is 0 Å². The van der Waals surface area contributed by atoms with Crippen LogP contribution in [-0.4, -0.2) is 11.0 Å². The molecule has 0 bridgehead atoms. The minimum absolute atomic E-state index is 0.148. The summed E-state index contributed by atoms with van der Waals surface area (Å²) < 4.78 is 0. The number of thiophene rings is 1. The number of aryl methyl sites for hydroxylation is 1. The summed E-state index contributed by atoms with van der Waals surface area (Å²) in [6, 6.07) is 7.12.